The molecule has 2 aromatic carbocycles. The van der Waals surface area contributed by atoms with Crippen molar-refractivity contribution in [3.63, 3.8) is 0 Å². The van der Waals surface area contributed by atoms with Crippen LogP contribution in [0.3, 0.4) is 0 Å². The maximum absolute atomic E-state index is 13.4. The number of rotatable bonds is 11. The number of nitrogens with zero attached hydrogens (tertiary/aromatic N) is 2. The Hall–Kier alpha value is -3.38. The fraction of sp³-hybridized carbons (Fsp3) is 0.429. The topological polar surface area (TPSA) is 124 Å². The molecule has 1 fully saturated rings. The largest absolute Gasteiger partial charge is 0.497 e. The summed E-state index contributed by atoms with van der Waals surface area (Å²) in [5.41, 5.74) is 2.55. The van der Waals surface area contributed by atoms with Crippen LogP contribution in [-0.2, 0) is 11.4 Å². The predicted molar refractivity (Wildman–Crippen MR) is 138 cm³/mol. The number of hydrogen-bond acceptors (Lipinski definition) is 8. The second-order valence-corrected chi connectivity index (χ2v) is 9.81. The molecule has 0 bridgehead atoms. The summed E-state index contributed by atoms with van der Waals surface area (Å²) in [7, 11) is 1.54. The number of carbonyl (C=O) groups excluding carboxylic acids is 1. The van der Waals surface area contributed by atoms with E-state index in [1.807, 2.05) is 0 Å². The Bertz CT molecular complexity index is 1270. The van der Waals surface area contributed by atoms with Crippen molar-refractivity contribution in [3.8, 4) is 11.5 Å². The van der Waals surface area contributed by atoms with E-state index in [-0.39, 0.29) is 25.4 Å². The number of carbonyl (C=O) groups is 1. The molecule has 1 saturated heterocycles. The molecule has 1 amide bonds. The van der Waals surface area contributed by atoms with E-state index in [4.69, 9.17) is 9.47 Å². The van der Waals surface area contributed by atoms with Gasteiger partial charge in [0, 0.05) is 41.9 Å². The highest BCUT2D eigenvalue weighted by Gasteiger charge is 2.41. The van der Waals surface area contributed by atoms with Gasteiger partial charge < -0.3 is 19.7 Å². The average molecular weight is 546 g/mol. The number of amides is 1. The highest BCUT2D eigenvalue weighted by atomic mass is 19.1. The molecular formula is C28H33F2N3O6. The number of benzene rings is 2. The number of ether oxygens (including phenoxy) is 2. The van der Waals surface area contributed by atoms with E-state index < -0.39 is 29.1 Å². The Morgan fingerprint density at radius 1 is 1.15 bits per heavy atom. The van der Waals surface area contributed by atoms with Gasteiger partial charge in [0.05, 0.1) is 30.8 Å². The minimum Gasteiger partial charge on any atom is -0.497 e. The first kappa shape index (κ1) is 28.6. The zero-order valence-corrected chi connectivity index (χ0v) is 21.7. The SMILES string of the molecule is COc1ccc2ncc(CO)c(C(O)CCC3(C(=O)NO)CCN(CCOc4cc(F)cc(F)c4)CC3)c2c1. The number of piperidine rings is 1. The number of fused-ring (bicyclic) bond motifs is 1. The summed E-state index contributed by atoms with van der Waals surface area (Å²) in [6.07, 6.45) is 1.90. The van der Waals surface area contributed by atoms with Crippen molar-refractivity contribution in [1.29, 1.82) is 0 Å². The number of methoxy groups -OCH3 is 1. The van der Waals surface area contributed by atoms with Gasteiger partial charge in [-0.2, -0.15) is 0 Å². The van der Waals surface area contributed by atoms with E-state index >= 15 is 0 Å². The van der Waals surface area contributed by atoms with E-state index in [2.05, 4.69) is 9.88 Å². The highest BCUT2D eigenvalue weighted by Crippen LogP contribution is 2.40. The predicted octanol–water partition coefficient (Wildman–Crippen LogP) is 3.49. The molecule has 4 N–H and O–H groups in total. The normalized spacial score (nSPS) is 16.2. The Labute approximate surface area is 224 Å². The Morgan fingerprint density at radius 3 is 2.51 bits per heavy atom. The smallest absolute Gasteiger partial charge is 0.249 e. The van der Waals surface area contributed by atoms with Gasteiger partial charge in [-0.05, 0) is 62.5 Å². The summed E-state index contributed by atoms with van der Waals surface area (Å²) in [4.78, 5) is 19.2. The summed E-state index contributed by atoms with van der Waals surface area (Å²) in [5, 5.41) is 31.3. The third-order valence-electron chi connectivity index (χ3n) is 7.51. The van der Waals surface area contributed by atoms with E-state index in [1.54, 1.807) is 23.7 Å². The van der Waals surface area contributed by atoms with Gasteiger partial charge in [0.2, 0.25) is 5.91 Å². The lowest BCUT2D eigenvalue weighted by atomic mass is 9.73. The molecule has 4 rings (SSSR count). The van der Waals surface area contributed by atoms with Crippen molar-refractivity contribution in [2.24, 2.45) is 5.41 Å². The standard InChI is InChI=1S/C28H33F2N3O6/c1-38-21-2-3-24-23(15-21)26(18(17-34)16-31-24)25(35)4-5-28(27(36)32-37)6-8-33(9-7-28)10-11-39-22-13-19(29)12-20(30)14-22/h2-3,12-16,25,34-35,37H,4-11,17H2,1H3,(H,32,36). The van der Waals surface area contributed by atoms with Crippen molar-refractivity contribution in [2.45, 2.75) is 38.4 Å². The van der Waals surface area contributed by atoms with Crippen LogP contribution in [0.5, 0.6) is 11.5 Å². The summed E-state index contributed by atoms with van der Waals surface area (Å²) in [5.74, 6) is -1.24. The minimum absolute atomic E-state index is 0.107. The number of aliphatic hydroxyl groups is 2. The fourth-order valence-corrected chi connectivity index (χ4v) is 5.26. The molecule has 3 aromatic rings. The monoisotopic (exact) mass is 545 g/mol. The molecule has 0 aliphatic carbocycles. The average Bonchev–Trinajstić information content (AvgIpc) is 2.94. The lowest BCUT2D eigenvalue weighted by Crippen LogP contribution is -2.49. The highest BCUT2D eigenvalue weighted by molar-refractivity contribution is 5.85. The third-order valence-corrected chi connectivity index (χ3v) is 7.51. The number of nitrogens with one attached hydrogen (secondary N) is 1. The molecule has 2 heterocycles. The molecule has 1 unspecified atom stereocenters. The summed E-state index contributed by atoms with van der Waals surface area (Å²) >= 11 is 0. The first-order valence-electron chi connectivity index (χ1n) is 12.8. The summed E-state index contributed by atoms with van der Waals surface area (Å²) in [6, 6.07) is 8.31. The second-order valence-electron chi connectivity index (χ2n) is 9.81. The first-order chi connectivity index (χ1) is 18.8. The molecule has 0 spiro atoms. The van der Waals surface area contributed by atoms with Crippen LogP contribution >= 0.6 is 0 Å². The van der Waals surface area contributed by atoms with Crippen LogP contribution in [0.25, 0.3) is 10.9 Å². The van der Waals surface area contributed by atoms with Crippen LogP contribution in [0.2, 0.25) is 0 Å². The number of aromatic nitrogens is 1. The van der Waals surface area contributed by atoms with Crippen molar-refractivity contribution < 1.29 is 38.5 Å². The van der Waals surface area contributed by atoms with Gasteiger partial charge in [-0.15, -0.1) is 0 Å². The van der Waals surface area contributed by atoms with Crippen molar-refractivity contribution in [1.82, 2.24) is 15.4 Å². The van der Waals surface area contributed by atoms with E-state index in [0.717, 1.165) is 18.2 Å². The van der Waals surface area contributed by atoms with Gasteiger partial charge >= 0.3 is 0 Å². The quantitative estimate of drug-likeness (QED) is 0.213. The van der Waals surface area contributed by atoms with Crippen LogP contribution in [0.4, 0.5) is 8.78 Å². The molecule has 1 atom stereocenters. The number of hydroxylamine groups is 1. The summed E-state index contributed by atoms with van der Waals surface area (Å²) < 4.78 is 37.5. The fourth-order valence-electron chi connectivity index (χ4n) is 5.26. The molecule has 1 aliphatic heterocycles. The number of hydrogen-bond donors (Lipinski definition) is 4. The van der Waals surface area contributed by atoms with E-state index in [0.29, 0.717) is 66.7 Å². The van der Waals surface area contributed by atoms with Crippen molar-refractivity contribution in [2.75, 3.05) is 33.4 Å². The Balaban J connectivity index is 1.41. The number of halogens is 2. The molecule has 39 heavy (non-hydrogen) atoms. The van der Waals surface area contributed by atoms with Gasteiger partial charge in [-0.1, -0.05) is 0 Å². The molecule has 1 aliphatic rings. The van der Waals surface area contributed by atoms with Crippen LogP contribution < -0.4 is 15.0 Å². The van der Waals surface area contributed by atoms with Gasteiger partial charge in [0.25, 0.3) is 0 Å². The molecular weight excluding hydrogens is 512 g/mol. The minimum atomic E-state index is -0.994. The third kappa shape index (κ3) is 6.62. The van der Waals surface area contributed by atoms with Crippen LogP contribution in [0.1, 0.15) is 42.9 Å². The molecule has 0 saturated carbocycles. The second kappa shape index (κ2) is 12.6. The molecule has 11 heteroatoms. The lowest BCUT2D eigenvalue weighted by molar-refractivity contribution is -0.144. The zero-order chi connectivity index (χ0) is 28.0. The van der Waals surface area contributed by atoms with E-state index in [9.17, 15) is 29.0 Å². The molecule has 210 valence electrons. The molecule has 0 radical (unpaired) electrons. The summed E-state index contributed by atoms with van der Waals surface area (Å²) in [6.45, 7) is 1.45. The number of aliphatic hydroxyl groups excluding tert-OH is 2. The lowest BCUT2D eigenvalue weighted by Gasteiger charge is -2.40. The molecule has 1 aromatic heterocycles. The van der Waals surface area contributed by atoms with Crippen molar-refractivity contribution in [3.05, 3.63) is 65.4 Å². The van der Waals surface area contributed by atoms with Gasteiger partial charge in [0.1, 0.15) is 29.7 Å². The number of likely N-dealkylation sites (tertiary alicyclic amines) is 1. The van der Waals surface area contributed by atoms with E-state index in [1.165, 1.54) is 13.3 Å². The van der Waals surface area contributed by atoms with Gasteiger partial charge in [-0.25, -0.2) is 14.3 Å². The number of pyridine rings is 1. The zero-order valence-electron chi connectivity index (χ0n) is 21.7. The van der Waals surface area contributed by atoms with Crippen LogP contribution in [0.15, 0.2) is 42.6 Å². The van der Waals surface area contributed by atoms with Crippen LogP contribution in [0, 0.1) is 17.0 Å². The van der Waals surface area contributed by atoms with Crippen molar-refractivity contribution >= 4 is 16.8 Å². The van der Waals surface area contributed by atoms with Gasteiger partial charge in [0.15, 0.2) is 0 Å². The first-order valence-corrected chi connectivity index (χ1v) is 12.8. The molecule has 9 nitrogen and oxygen atoms in total. The van der Waals surface area contributed by atoms with Gasteiger partial charge in [-0.3, -0.25) is 19.9 Å². The maximum atomic E-state index is 13.4. The Morgan fingerprint density at radius 2 is 1.87 bits per heavy atom. The maximum Gasteiger partial charge on any atom is 0.249 e. The Kier molecular flexibility index (Phi) is 9.28. The van der Waals surface area contributed by atoms with Crippen LogP contribution in [-0.4, -0.2) is 64.6 Å².